The van der Waals surface area contributed by atoms with Gasteiger partial charge in [-0.3, -0.25) is 4.79 Å². The Hall–Kier alpha value is -1.30. The molecule has 0 aliphatic heterocycles. The number of oxime groups is 1. The number of likely N-dealkylation sites (N-methyl/N-ethyl adjacent to an activating group) is 1. The third kappa shape index (κ3) is 9.01. The van der Waals surface area contributed by atoms with Gasteiger partial charge in [0.1, 0.15) is 5.84 Å². The number of nitrogens with two attached hydrogens (primary N) is 1. The number of carbonyl (C=O) groups excluding carboxylic acids is 1. The van der Waals surface area contributed by atoms with Gasteiger partial charge in [0.25, 0.3) is 0 Å². The van der Waals surface area contributed by atoms with E-state index in [1.807, 2.05) is 6.92 Å². The van der Waals surface area contributed by atoms with Gasteiger partial charge in [-0.25, -0.2) is 0 Å². The molecule has 0 aromatic rings. The largest absolute Gasteiger partial charge is 0.409 e. The maximum absolute atomic E-state index is 11.0. The van der Waals surface area contributed by atoms with Gasteiger partial charge in [0.05, 0.1) is 6.54 Å². The zero-order valence-electron chi connectivity index (χ0n) is 9.12. The van der Waals surface area contributed by atoms with Crippen molar-refractivity contribution in [1.29, 1.82) is 0 Å². The van der Waals surface area contributed by atoms with Crippen LogP contribution in [0.3, 0.4) is 0 Å². The van der Waals surface area contributed by atoms with Gasteiger partial charge < -0.3 is 21.6 Å². The number of amidine groups is 1. The molecule has 0 saturated heterocycles. The molecule has 0 aliphatic rings. The molecule has 6 nitrogen and oxygen atoms in total. The molecule has 0 aromatic carbocycles. The third-order valence-electron chi connectivity index (χ3n) is 1.82. The van der Waals surface area contributed by atoms with E-state index in [-0.39, 0.29) is 11.7 Å². The molecule has 0 rings (SSSR count). The lowest BCUT2D eigenvalue weighted by molar-refractivity contribution is -0.120. The van der Waals surface area contributed by atoms with E-state index >= 15 is 0 Å². The lowest BCUT2D eigenvalue weighted by Crippen LogP contribution is -2.34. The average molecular weight is 216 g/mol. The van der Waals surface area contributed by atoms with E-state index in [0.29, 0.717) is 19.5 Å². The Morgan fingerprint density at radius 1 is 1.47 bits per heavy atom. The number of amides is 1. The molecular weight excluding hydrogens is 196 g/mol. The summed E-state index contributed by atoms with van der Waals surface area (Å²) in [5.41, 5.74) is 5.29. The Balaban J connectivity index is 3.21. The second-order valence-electron chi connectivity index (χ2n) is 3.18. The van der Waals surface area contributed by atoms with Crippen LogP contribution >= 0.6 is 0 Å². The average Bonchev–Trinajstić information content (AvgIpc) is 2.23. The third-order valence-corrected chi connectivity index (χ3v) is 1.82. The maximum atomic E-state index is 11.0. The molecule has 6 heteroatoms. The molecule has 0 spiro atoms. The van der Waals surface area contributed by atoms with E-state index < -0.39 is 0 Å². The van der Waals surface area contributed by atoms with Crippen molar-refractivity contribution in [3.63, 3.8) is 0 Å². The summed E-state index contributed by atoms with van der Waals surface area (Å²) in [6, 6.07) is 0. The van der Waals surface area contributed by atoms with Gasteiger partial charge in [0.15, 0.2) is 0 Å². The van der Waals surface area contributed by atoms with Gasteiger partial charge in [-0.05, 0) is 26.3 Å². The number of nitrogens with zero attached hydrogens (tertiary/aromatic N) is 1. The van der Waals surface area contributed by atoms with Crippen LogP contribution in [0.25, 0.3) is 0 Å². The highest BCUT2D eigenvalue weighted by Gasteiger charge is 1.97. The van der Waals surface area contributed by atoms with Crippen LogP contribution in [-0.2, 0) is 4.79 Å². The zero-order chi connectivity index (χ0) is 11.5. The Kier molecular flexibility index (Phi) is 8.46. The minimum atomic E-state index is 0.00827. The lowest BCUT2D eigenvalue weighted by Gasteiger charge is -2.04. The highest BCUT2D eigenvalue weighted by molar-refractivity contribution is 5.79. The minimum absolute atomic E-state index is 0.00827. The van der Waals surface area contributed by atoms with Crippen molar-refractivity contribution in [3.05, 3.63) is 0 Å². The highest BCUT2D eigenvalue weighted by atomic mass is 16.4. The topological polar surface area (TPSA) is 99.7 Å². The van der Waals surface area contributed by atoms with Crippen molar-refractivity contribution in [2.75, 3.05) is 19.6 Å². The predicted molar refractivity (Wildman–Crippen MR) is 58.8 cm³/mol. The van der Waals surface area contributed by atoms with Crippen LogP contribution in [0.2, 0.25) is 0 Å². The van der Waals surface area contributed by atoms with Crippen molar-refractivity contribution in [1.82, 2.24) is 10.6 Å². The summed E-state index contributed by atoms with van der Waals surface area (Å²) in [6.45, 7) is 3.65. The summed E-state index contributed by atoms with van der Waals surface area (Å²) in [5.74, 6) is 0.257. The van der Waals surface area contributed by atoms with Gasteiger partial charge in [-0.15, -0.1) is 0 Å². The van der Waals surface area contributed by atoms with Crippen molar-refractivity contribution in [3.8, 4) is 0 Å². The smallest absolute Gasteiger partial charge is 0.233 e. The first-order valence-electron chi connectivity index (χ1n) is 5.14. The molecule has 0 aromatic heterocycles. The van der Waals surface area contributed by atoms with E-state index in [1.165, 1.54) is 0 Å². The Morgan fingerprint density at radius 2 is 2.20 bits per heavy atom. The minimum Gasteiger partial charge on any atom is -0.409 e. The van der Waals surface area contributed by atoms with Crippen LogP contribution in [-0.4, -0.2) is 36.6 Å². The monoisotopic (exact) mass is 216 g/mol. The normalized spacial score (nSPS) is 11.4. The molecule has 0 heterocycles. The molecule has 0 unspecified atom stereocenters. The van der Waals surface area contributed by atoms with Crippen molar-refractivity contribution >= 4 is 11.7 Å². The first kappa shape index (κ1) is 13.7. The van der Waals surface area contributed by atoms with Crippen molar-refractivity contribution in [2.45, 2.75) is 26.2 Å². The molecule has 5 N–H and O–H groups in total. The first-order chi connectivity index (χ1) is 7.20. The SMILES string of the molecule is CCNC(=O)CNCCCCC(N)=NO. The summed E-state index contributed by atoms with van der Waals surface area (Å²) in [7, 11) is 0. The Morgan fingerprint density at radius 3 is 2.80 bits per heavy atom. The molecule has 88 valence electrons. The number of unbranched alkanes of at least 4 members (excludes halogenated alkanes) is 1. The first-order valence-corrected chi connectivity index (χ1v) is 5.14. The summed E-state index contributed by atoms with van der Waals surface area (Å²) >= 11 is 0. The van der Waals surface area contributed by atoms with E-state index in [4.69, 9.17) is 10.9 Å². The molecule has 0 fully saturated rings. The Labute approximate surface area is 89.9 Å². The molecule has 0 bridgehead atoms. The Bertz CT molecular complexity index is 206. The maximum Gasteiger partial charge on any atom is 0.233 e. The van der Waals surface area contributed by atoms with E-state index in [1.54, 1.807) is 0 Å². The zero-order valence-corrected chi connectivity index (χ0v) is 9.12. The number of nitrogens with one attached hydrogen (secondary N) is 2. The summed E-state index contributed by atoms with van der Waals surface area (Å²) in [4.78, 5) is 11.0. The second-order valence-corrected chi connectivity index (χ2v) is 3.18. The molecule has 0 aliphatic carbocycles. The van der Waals surface area contributed by atoms with Gasteiger partial charge in [0.2, 0.25) is 5.91 Å². The number of hydrogen-bond donors (Lipinski definition) is 4. The fourth-order valence-corrected chi connectivity index (χ4v) is 1.07. The van der Waals surface area contributed by atoms with Gasteiger partial charge in [-0.1, -0.05) is 5.16 Å². The molecule has 0 radical (unpaired) electrons. The molecular formula is C9H20N4O2. The van der Waals surface area contributed by atoms with Gasteiger partial charge in [-0.2, -0.15) is 0 Å². The van der Waals surface area contributed by atoms with E-state index in [0.717, 1.165) is 19.4 Å². The highest BCUT2D eigenvalue weighted by Crippen LogP contribution is 1.93. The molecule has 15 heavy (non-hydrogen) atoms. The number of rotatable bonds is 8. The van der Waals surface area contributed by atoms with Crippen molar-refractivity contribution in [2.24, 2.45) is 10.9 Å². The van der Waals surface area contributed by atoms with E-state index in [2.05, 4.69) is 15.8 Å². The quantitative estimate of drug-likeness (QED) is 0.146. The summed E-state index contributed by atoms with van der Waals surface area (Å²) in [5, 5.41) is 16.8. The lowest BCUT2D eigenvalue weighted by atomic mass is 10.2. The van der Waals surface area contributed by atoms with Gasteiger partial charge in [0, 0.05) is 13.0 Å². The number of hydrogen-bond acceptors (Lipinski definition) is 4. The second kappa shape index (κ2) is 9.26. The molecule has 1 amide bonds. The molecule has 0 saturated carbocycles. The van der Waals surface area contributed by atoms with Crippen LogP contribution < -0.4 is 16.4 Å². The van der Waals surface area contributed by atoms with Crippen LogP contribution in [0, 0.1) is 0 Å². The van der Waals surface area contributed by atoms with Crippen LogP contribution in [0.15, 0.2) is 5.16 Å². The fraction of sp³-hybridized carbons (Fsp3) is 0.778. The summed E-state index contributed by atoms with van der Waals surface area (Å²) < 4.78 is 0. The predicted octanol–water partition coefficient (Wildman–Crippen LogP) is -0.371. The molecule has 0 atom stereocenters. The fourth-order valence-electron chi connectivity index (χ4n) is 1.07. The van der Waals surface area contributed by atoms with Crippen molar-refractivity contribution < 1.29 is 10.0 Å². The standard InChI is InChI=1S/C9H20N4O2/c1-2-12-9(14)7-11-6-4-3-5-8(10)13-15/h11,15H,2-7H2,1H3,(H2,10,13)(H,12,14). The van der Waals surface area contributed by atoms with Crippen LogP contribution in [0.5, 0.6) is 0 Å². The van der Waals surface area contributed by atoms with Crippen LogP contribution in [0.1, 0.15) is 26.2 Å². The van der Waals surface area contributed by atoms with Gasteiger partial charge >= 0.3 is 0 Å². The number of carbonyl (C=O) groups is 1. The van der Waals surface area contributed by atoms with Crippen LogP contribution in [0.4, 0.5) is 0 Å². The van der Waals surface area contributed by atoms with E-state index in [9.17, 15) is 4.79 Å². The summed E-state index contributed by atoms with van der Waals surface area (Å²) in [6.07, 6.45) is 2.33.